The van der Waals surface area contributed by atoms with Crippen LogP contribution in [0.5, 0.6) is 0 Å². The van der Waals surface area contributed by atoms with E-state index < -0.39 is 5.76 Å². The number of nitrogens with zero attached hydrogens (tertiary/aromatic N) is 2. The molecule has 0 atom stereocenters. The number of para-hydroxylation sites is 2. The van der Waals surface area contributed by atoms with E-state index in [9.17, 15) is 9.59 Å². The lowest BCUT2D eigenvalue weighted by atomic mass is 10.3. The number of furan rings is 1. The minimum Gasteiger partial charge on any atom is -0.467 e. The van der Waals surface area contributed by atoms with E-state index in [1.165, 1.54) is 4.57 Å². The van der Waals surface area contributed by atoms with Crippen LogP contribution >= 0.6 is 0 Å². The van der Waals surface area contributed by atoms with Crippen molar-refractivity contribution in [3.63, 3.8) is 0 Å². The van der Waals surface area contributed by atoms with Gasteiger partial charge in [0.2, 0.25) is 5.91 Å². The first kappa shape index (κ1) is 16.1. The van der Waals surface area contributed by atoms with E-state index in [0.29, 0.717) is 24.2 Å². The van der Waals surface area contributed by atoms with E-state index in [2.05, 4.69) is 6.92 Å². The van der Waals surface area contributed by atoms with Gasteiger partial charge in [-0.3, -0.25) is 9.36 Å². The second-order valence-electron chi connectivity index (χ2n) is 5.67. The molecule has 6 heteroatoms. The monoisotopic (exact) mass is 328 g/mol. The van der Waals surface area contributed by atoms with Gasteiger partial charge in [-0.2, -0.15) is 0 Å². The molecule has 6 nitrogen and oxygen atoms in total. The van der Waals surface area contributed by atoms with Gasteiger partial charge in [-0.15, -0.1) is 0 Å². The summed E-state index contributed by atoms with van der Waals surface area (Å²) >= 11 is 0. The predicted molar refractivity (Wildman–Crippen MR) is 89.5 cm³/mol. The topological polar surface area (TPSA) is 68.6 Å². The number of fused-ring (bicyclic) bond motifs is 1. The number of hydrogen-bond acceptors (Lipinski definition) is 4. The van der Waals surface area contributed by atoms with Crippen LogP contribution in [0.1, 0.15) is 25.5 Å². The Bertz CT molecular complexity index is 861. The smallest absolute Gasteiger partial charge is 0.420 e. The van der Waals surface area contributed by atoms with Gasteiger partial charge in [-0.1, -0.05) is 25.5 Å². The molecule has 3 rings (SSSR count). The van der Waals surface area contributed by atoms with Crippen LogP contribution in [0.15, 0.2) is 56.3 Å². The normalized spacial score (nSPS) is 11.0. The van der Waals surface area contributed by atoms with Crippen LogP contribution in [-0.2, 0) is 17.9 Å². The number of carbonyl (C=O) groups excluding carboxylic acids is 1. The average Bonchev–Trinajstić information content (AvgIpc) is 3.20. The second kappa shape index (κ2) is 7.21. The molecule has 2 aromatic heterocycles. The molecule has 0 aliphatic rings. The van der Waals surface area contributed by atoms with Crippen molar-refractivity contribution in [2.45, 2.75) is 32.9 Å². The minimum atomic E-state index is -0.516. The van der Waals surface area contributed by atoms with Gasteiger partial charge in [0.25, 0.3) is 0 Å². The highest BCUT2D eigenvalue weighted by atomic mass is 16.4. The van der Waals surface area contributed by atoms with Crippen LogP contribution in [0.25, 0.3) is 11.1 Å². The zero-order valence-electron chi connectivity index (χ0n) is 13.6. The highest BCUT2D eigenvalue weighted by Gasteiger charge is 2.18. The van der Waals surface area contributed by atoms with Crippen molar-refractivity contribution in [2.75, 3.05) is 6.54 Å². The van der Waals surface area contributed by atoms with E-state index in [1.807, 2.05) is 12.1 Å². The fourth-order valence-corrected chi connectivity index (χ4v) is 2.63. The third-order valence-corrected chi connectivity index (χ3v) is 3.93. The van der Waals surface area contributed by atoms with Crippen molar-refractivity contribution in [1.29, 1.82) is 0 Å². The Balaban J connectivity index is 1.81. The number of oxazole rings is 1. The summed E-state index contributed by atoms with van der Waals surface area (Å²) < 4.78 is 11.9. The summed E-state index contributed by atoms with van der Waals surface area (Å²) in [5, 5.41) is 0. The van der Waals surface area contributed by atoms with Crippen molar-refractivity contribution >= 4 is 17.0 Å². The molecule has 1 aromatic carbocycles. The van der Waals surface area contributed by atoms with Crippen LogP contribution in [0.2, 0.25) is 0 Å². The molecule has 2 heterocycles. The maximum Gasteiger partial charge on any atom is 0.420 e. The van der Waals surface area contributed by atoms with Crippen LogP contribution in [-0.4, -0.2) is 21.9 Å². The zero-order chi connectivity index (χ0) is 16.9. The zero-order valence-corrected chi connectivity index (χ0v) is 13.6. The lowest BCUT2D eigenvalue weighted by molar-refractivity contribution is -0.132. The van der Waals surface area contributed by atoms with E-state index in [0.717, 1.165) is 18.6 Å². The Kier molecular flexibility index (Phi) is 4.84. The van der Waals surface area contributed by atoms with Gasteiger partial charge in [0.15, 0.2) is 5.58 Å². The summed E-state index contributed by atoms with van der Waals surface area (Å²) in [6.45, 7) is 3.06. The maximum absolute atomic E-state index is 12.7. The van der Waals surface area contributed by atoms with Gasteiger partial charge >= 0.3 is 5.76 Å². The Morgan fingerprint density at radius 3 is 2.79 bits per heavy atom. The maximum atomic E-state index is 12.7. The summed E-state index contributed by atoms with van der Waals surface area (Å²) in [5.41, 5.74) is 1.12. The van der Waals surface area contributed by atoms with Crippen molar-refractivity contribution in [2.24, 2.45) is 0 Å². The van der Waals surface area contributed by atoms with Crippen molar-refractivity contribution in [3.05, 3.63) is 59.0 Å². The summed E-state index contributed by atoms with van der Waals surface area (Å²) in [6, 6.07) is 10.7. The largest absolute Gasteiger partial charge is 0.467 e. The summed E-state index contributed by atoms with van der Waals surface area (Å²) in [7, 11) is 0. The van der Waals surface area contributed by atoms with Gasteiger partial charge < -0.3 is 13.7 Å². The lowest BCUT2D eigenvalue weighted by Crippen LogP contribution is -2.36. The fourth-order valence-electron chi connectivity index (χ4n) is 2.63. The molecule has 0 unspecified atom stereocenters. The Morgan fingerprint density at radius 2 is 2.04 bits per heavy atom. The van der Waals surface area contributed by atoms with E-state index in [1.54, 1.807) is 35.4 Å². The molecule has 0 saturated heterocycles. The third kappa shape index (κ3) is 3.42. The molecule has 0 saturated carbocycles. The first-order valence-corrected chi connectivity index (χ1v) is 8.07. The number of aromatic nitrogens is 1. The Labute approximate surface area is 139 Å². The van der Waals surface area contributed by atoms with Gasteiger partial charge in [-0.05, 0) is 30.7 Å². The molecule has 24 heavy (non-hydrogen) atoms. The average molecular weight is 328 g/mol. The second-order valence-corrected chi connectivity index (χ2v) is 5.67. The number of amides is 1. The standard InChI is InChI=1S/C18H20N2O4/c1-2-3-10-19(12-14-7-6-11-23-14)17(21)13-20-15-8-4-5-9-16(15)24-18(20)22/h4-9,11H,2-3,10,12-13H2,1H3. The SMILES string of the molecule is CCCCN(Cc1ccco1)C(=O)Cn1c(=O)oc2ccccc21. The van der Waals surface area contributed by atoms with Crippen molar-refractivity contribution in [1.82, 2.24) is 9.47 Å². The lowest BCUT2D eigenvalue weighted by Gasteiger charge is -2.21. The van der Waals surface area contributed by atoms with Gasteiger partial charge in [0.05, 0.1) is 18.3 Å². The molecule has 0 N–H and O–H groups in total. The Morgan fingerprint density at radius 1 is 1.21 bits per heavy atom. The van der Waals surface area contributed by atoms with Gasteiger partial charge in [-0.25, -0.2) is 4.79 Å². The molecule has 0 radical (unpaired) electrons. The number of hydrogen-bond donors (Lipinski definition) is 0. The number of unbranched alkanes of at least 4 members (excludes halogenated alkanes) is 1. The first-order valence-electron chi connectivity index (χ1n) is 8.07. The molecule has 0 bridgehead atoms. The molecule has 0 spiro atoms. The van der Waals surface area contributed by atoms with Crippen molar-refractivity contribution in [3.8, 4) is 0 Å². The van der Waals surface area contributed by atoms with E-state index in [-0.39, 0.29) is 12.5 Å². The molecule has 1 amide bonds. The predicted octanol–water partition coefficient (Wildman–Crippen LogP) is 3.02. The quantitative estimate of drug-likeness (QED) is 0.668. The molecular formula is C18H20N2O4. The molecule has 126 valence electrons. The van der Waals surface area contributed by atoms with Crippen molar-refractivity contribution < 1.29 is 13.6 Å². The molecule has 0 aliphatic heterocycles. The van der Waals surface area contributed by atoms with Crippen LogP contribution in [0, 0.1) is 0 Å². The fraction of sp³-hybridized carbons (Fsp3) is 0.333. The third-order valence-electron chi connectivity index (χ3n) is 3.93. The molecule has 3 aromatic rings. The minimum absolute atomic E-state index is 0.0414. The summed E-state index contributed by atoms with van der Waals surface area (Å²) in [4.78, 5) is 26.5. The summed E-state index contributed by atoms with van der Waals surface area (Å²) in [5.74, 6) is 0.0790. The summed E-state index contributed by atoms with van der Waals surface area (Å²) in [6.07, 6.45) is 3.47. The highest BCUT2D eigenvalue weighted by molar-refractivity contribution is 5.79. The molecule has 0 aliphatic carbocycles. The van der Waals surface area contributed by atoms with Gasteiger partial charge in [0.1, 0.15) is 12.3 Å². The van der Waals surface area contributed by atoms with Crippen LogP contribution < -0.4 is 5.76 Å². The number of carbonyl (C=O) groups is 1. The molecular weight excluding hydrogens is 308 g/mol. The number of rotatable bonds is 7. The molecule has 0 fully saturated rings. The van der Waals surface area contributed by atoms with E-state index in [4.69, 9.17) is 8.83 Å². The van der Waals surface area contributed by atoms with E-state index >= 15 is 0 Å². The first-order chi connectivity index (χ1) is 11.7. The Hall–Kier alpha value is -2.76. The van der Waals surface area contributed by atoms with Crippen LogP contribution in [0.4, 0.5) is 0 Å². The van der Waals surface area contributed by atoms with Gasteiger partial charge in [0, 0.05) is 6.54 Å². The van der Waals surface area contributed by atoms with Crippen LogP contribution in [0.3, 0.4) is 0 Å². The highest BCUT2D eigenvalue weighted by Crippen LogP contribution is 2.13. The number of benzene rings is 1.